The van der Waals surface area contributed by atoms with Crippen molar-refractivity contribution in [1.82, 2.24) is 4.98 Å². The van der Waals surface area contributed by atoms with Gasteiger partial charge in [0.2, 0.25) is 0 Å². The third-order valence-electron chi connectivity index (χ3n) is 3.83. The number of anilines is 1. The fourth-order valence-corrected chi connectivity index (χ4v) is 2.70. The minimum Gasteiger partial charge on any atom is -0.389 e. The molecule has 0 saturated carbocycles. The monoisotopic (exact) mass is 301 g/mol. The first-order valence-corrected chi connectivity index (χ1v) is 7.88. The predicted molar refractivity (Wildman–Crippen MR) is 94.8 cm³/mol. The molecule has 1 aromatic carbocycles. The number of pyridine rings is 1. The van der Waals surface area contributed by atoms with Crippen molar-refractivity contribution in [2.75, 3.05) is 5.32 Å². The van der Waals surface area contributed by atoms with E-state index in [9.17, 15) is 0 Å². The van der Waals surface area contributed by atoms with Gasteiger partial charge in [0.15, 0.2) is 0 Å². The molecule has 0 amide bonds. The zero-order valence-corrected chi connectivity index (χ0v) is 13.7. The van der Waals surface area contributed by atoms with Gasteiger partial charge in [-0.3, -0.25) is 0 Å². The zero-order valence-electron chi connectivity index (χ0n) is 12.9. The molecule has 21 heavy (non-hydrogen) atoms. The summed E-state index contributed by atoms with van der Waals surface area (Å²) in [4.78, 5) is 5.07. The number of hydrogen-bond donors (Lipinski definition) is 2. The van der Waals surface area contributed by atoms with Gasteiger partial charge in [-0.15, -0.1) is 0 Å². The highest BCUT2D eigenvalue weighted by molar-refractivity contribution is 7.80. The van der Waals surface area contributed by atoms with Crippen LogP contribution in [0.1, 0.15) is 39.2 Å². The molecule has 2 atom stereocenters. The van der Waals surface area contributed by atoms with Crippen LogP contribution in [-0.2, 0) is 0 Å². The molecule has 0 radical (unpaired) electrons. The van der Waals surface area contributed by atoms with Crippen LogP contribution >= 0.6 is 12.2 Å². The van der Waals surface area contributed by atoms with Crippen LogP contribution in [0, 0.1) is 5.92 Å². The van der Waals surface area contributed by atoms with Crippen LogP contribution in [0.25, 0.3) is 10.9 Å². The van der Waals surface area contributed by atoms with E-state index in [4.69, 9.17) is 18.0 Å². The first kappa shape index (κ1) is 15.7. The standard InChI is InChI=1S/C17H23N3S/c1-4-11(2)9-12(3)19-16-10-14(17(18)21)13-7-5-6-8-15(13)20-16/h5-8,10-12H,4,9H2,1-3H3,(H2,18,21)(H,19,20). The summed E-state index contributed by atoms with van der Waals surface area (Å²) in [5, 5.41) is 4.47. The Labute approximate surface area is 132 Å². The van der Waals surface area contributed by atoms with Crippen molar-refractivity contribution >= 4 is 33.9 Å². The number of nitrogens with zero attached hydrogens (tertiary/aromatic N) is 1. The van der Waals surface area contributed by atoms with Gasteiger partial charge in [0.1, 0.15) is 10.8 Å². The summed E-state index contributed by atoms with van der Waals surface area (Å²) >= 11 is 5.17. The molecule has 2 rings (SSSR count). The minimum atomic E-state index is 0.368. The summed E-state index contributed by atoms with van der Waals surface area (Å²) in [6.07, 6.45) is 2.31. The van der Waals surface area contributed by atoms with Gasteiger partial charge in [0, 0.05) is 17.0 Å². The summed E-state index contributed by atoms with van der Waals surface area (Å²) in [5.41, 5.74) is 7.66. The summed E-state index contributed by atoms with van der Waals surface area (Å²) in [5.74, 6) is 1.54. The number of para-hydroxylation sites is 1. The Balaban J connectivity index is 2.30. The predicted octanol–water partition coefficient (Wildman–Crippen LogP) is 4.11. The van der Waals surface area contributed by atoms with Crippen molar-refractivity contribution in [2.45, 2.75) is 39.7 Å². The van der Waals surface area contributed by atoms with E-state index in [0.717, 1.165) is 28.7 Å². The zero-order chi connectivity index (χ0) is 15.4. The molecule has 0 aliphatic rings. The summed E-state index contributed by atoms with van der Waals surface area (Å²) in [7, 11) is 0. The van der Waals surface area contributed by atoms with E-state index in [1.807, 2.05) is 30.3 Å². The number of thiocarbonyl (C=S) groups is 1. The molecule has 4 heteroatoms. The number of hydrogen-bond acceptors (Lipinski definition) is 3. The molecule has 2 aromatic rings. The maximum Gasteiger partial charge on any atom is 0.127 e. The van der Waals surface area contributed by atoms with Gasteiger partial charge in [-0.2, -0.15) is 0 Å². The molecule has 0 bridgehead atoms. The fraction of sp³-hybridized carbons (Fsp3) is 0.412. The van der Waals surface area contributed by atoms with Crippen molar-refractivity contribution in [1.29, 1.82) is 0 Å². The van der Waals surface area contributed by atoms with Crippen molar-refractivity contribution in [3.63, 3.8) is 0 Å². The van der Waals surface area contributed by atoms with E-state index in [1.165, 1.54) is 6.42 Å². The third-order valence-corrected chi connectivity index (χ3v) is 4.05. The Morgan fingerprint density at radius 2 is 2.05 bits per heavy atom. The van der Waals surface area contributed by atoms with Gasteiger partial charge in [0.25, 0.3) is 0 Å². The molecule has 3 nitrogen and oxygen atoms in total. The van der Waals surface area contributed by atoms with Crippen LogP contribution in [0.5, 0.6) is 0 Å². The van der Waals surface area contributed by atoms with Gasteiger partial charge in [-0.25, -0.2) is 4.98 Å². The van der Waals surface area contributed by atoms with Gasteiger partial charge < -0.3 is 11.1 Å². The average molecular weight is 301 g/mol. The lowest BCUT2D eigenvalue weighted by Gasteiger charge is -2.19. The van der Waals surface area contributed by atoms with Crippen molar-refractivity contribution in [3.8, 4) is 0 Å². The molecule has 0 aliphatic carbocycles. The molecule has 0 fully saturated rings. The fourth-order valence-electron chi connectivity index (χ4n) is 2.53. The quantitative estimate of drug-likeness (QED) is 0.789. The van der Waals surface area contributed by atoms with Gasteiger partial charge in [-0.05, 0) is 31.4 Å². The van der Waals surface area contributed by atoms with Crippen molar-refractivity contribution in [3.05, 3.63) is 35.9 Å². The maximum absolute atomic E-state index is 5.86. The average Bonchev–Trinajstić information content (AvgIpc) is 2.45. The second-order valence-corrected chi connectivity index (χ2v) is 6.17. The number of aromatic nitrogens is 1. The highest BCUT2D eigenvalue weighted by atomic mass is 32.1. The molecule has 1 heterocycles. The summed E-state index contributed by atoms with van der Waals surface area (Å²) in [6.45, 7) is 6.67. The second-order valence-electron chi connectivity index (χ2n) is 5.73. The summed E-state index contributed by atoms with van der Waals surface area (Å²) < 4.78 is 0. The first-order valence-electron chi connectivity index (χ1n) is 7.47. The van der Waals surface area contributed by atoms with Crippen LogP contribution in [0.2, 0.25) is 0 Å². The number of rotatable bonds is 6. The lowest BCUT2D eigenvalue weighted by molar-refractivity contribution is 0.483. The number of nitrogens with two attached hydrogens (primary N) is 1. The molecule has 112 valence electrons. The van der Waals surface area contributed by atoms with Crippen LogP contribution in [0.15, 0.2) is 30.3 Å². The Morgan fingerprint density at radius 1 is 1.33 bits per heavy atom. The third kappa shape index (κ3) is 3.91. The highest BCUT2D eigenvalue weighted by Crippen LogP contribution is 2.22. The van der Waals surface area contributed by atoms with Crippen molar-refractivity contribution in [2.24, 2.45) is 11.7 Å². The lowest BCUT2D eigenvalue weighted by Crippen LogP contribution is -2.20. The van der Waals surface area contributed by atoms with Crippen LogP contribution in [-0.4, -0.2) is 16.0 Å². The molecule has 1 aromatic heterocycles. The number of nitrogens with one attached hydrogen (secondary N) is 1. The van der Waals surface area contributed by atoms with E-state index in [-0.39, 0.29) is 0 Å². The van der Waals surface area contributed by atoms with Crippen LogP contribution < -0.4 is 11.1 Å². The van der Waals surface area contributed by atoms with E-state index >= 15 is 0 Å². The topological polar surface area (TPSA) is 50.9 Å². The van der Waals surface area contributed by atoms with Crippen LogP contribution in [0.3, 0.4) is 0 Å². The molecule has 0 aliphatic heterocycles. The Kier molecular flexibility index (Phi) is 5.12. The molecule has 0 saturated heterocycles. The molecule has 2 unspecified atom stereocenters. The largest absolute Gasteiger partial charge is 0.389 e. The first-order chi connectivity index (χ1) is 10.0. The molecule has 0 spiro atoms. The molecular formula is C17H23N3S. The normalized spacial score (nSPS) is 13.9. The Hall–Kier alpha value is -1.68. The SMILES string of the molecule is CCC(C)CC(C)Nc1cc(C(N)=S)c2ccccc2n1. The summed E-state index contributed by atoms with van der Waals surface area (Å²) in [6, 6.07) is 10.3. The Bertz CT molecular complexity index is 639. The van der Waals surface area contributed by atoms with Gasteiger partial charge >= 0.3 is 0 Å². The second kappa shape index (κ2) is 6.85. The van der Waals surface area contributed by atoms with E-state index in [2.05, 4.69) is 31.1 Å². The van der Waals surface area contributed by atoms with E-state index < -0.39 is 0 Å². The lowest BCUT2D eigenvalue weighted by atomic mass is 10.0. The molecule has 3 N–H and O–H groups in total. The van der Waals surface area contributed by atoms with Gasteiger partial charge in [0.05, 0.1) is 5.52 Å². The number of benzene rings is 1. The number of fused-ring (bicyclic) bond motifs is 1. The van der Waals surface area contributed by atoms with E-state index in [1.54, 1.807) is 0 Å². The van der Waals surface area contributed by atoms with Gasteiger partial charge in [-0.1, -0.05) is 50.7 Å². The van der Waals surface area contributed by atoms with Crippen LogP contribution in [0.4, 0.5) is 5.82 Å². The Morgan fingerprint density at radius 3 is 2.71 bits per heavy atom. The highest BCUT2D eigenvalue weighted by Gasteiger charge is 2.11. The maximum atomic E-state index is 5.86. The van der Waals surface area contributed by atoms with E-state index in [0.29, 0.717) is 16.9 Å². The molecular weight excluding hydrogens is 278 g/mol. The minimum absolute atomic E-state index is 0.368. The smallest absolute Gasteiger partial charge is 0.127 e. The van der Waals surface area contributed by atoms with Crippen molar-refractivity contribution < 1.29 is 0 Å².